The van der Waals surface area contributed by atoms with E-state index < -0.39 is 0 Å². The number of carbonyl (C=O) groups is 1. The van der Waals surface area contributed by atoms with E-state index in [9.17, 15) is 4.79 Å². The minimum atomic E-state index is -0.336. The lowest BCUT2D eigenvalue weighted by Crippen LogP contribution is -2.23. The summed E-state index contributed by atoms with van der Waals surface area (Å²) in [6.07, 6.45) is 2.17. The van der Waals surface area contributed by atoms with Crippen LogP contribution in [-0.2, 0) is 4.79 Å². The predicted octanol–water partition coefficient (Wildman–Crippen LogP) is 1.41. The number of aryl methyl sites for hydroxylation is 1. The van der Waals surface area contributed by atoms with Gasteiger partial charge in [-0.05, 0) is 65.7 Å². The van der Waals surface area contributed by atoms with Crippen molar-refractivity contribution in [3.63, 3.8) is 0 Å². The summed E-state index contributed by atoms with van der Waals surface area (Å²) in [6.45, 7) is 3.65. The van der Waals surface area contributed by atoms with Crippen LogP contribution in [0.25, 0.3) is 5.69 Å². The van der Waals surface area contributed by atoms with Crippen LogP contribution < -0.4 is 5.32 Å². The second-order valence-electron chi connectivity index (χ2n) is 6.07. The molecule has 1 N–H and O–H groups in total. The van der Waals surface area contributed by atoms with Gasteiger partial charge >= 0.3 is 0 Å². The second-order valence-corrected chi connectivity index (χ2v) is 7.38. The Hall–Kier alpha value is -2.82. The molecule has 134 valence electrons. The molecule has 3 aromatic rings. The smallest absolute Gasteiger partial charge is 0.237 e. The Balaban J connectivity index is 1.44. The van der Waals surface area contributed by atoms with Crippen molar-refractivity contribution in [1.82, 2.24) is 40.4 Å². The number of hydrogen-bond acceptors (Lipinski definition) is 8. The fourth-order valence-electron chi connectivity index (χ4n) is 2.45. The van der Waals surface area contributed by atoms with Crippen LogP contribution in [0.3, 0.4) is 0 Å². The van der Waals surface area contributed by atoms with Crippen molar-refractivity contribution in [2.24, 2.45) is 0 Å². The van der Waals surface area contributed by atoms with Gasteiger partial charge < -0.3 is 5.32 Å². The summed E-state index contributed by atoms with van der Waals surface area (Å²) in [5, 5.41) is 26.4. The third-order valence-electron chi connectivity index (χ3n) is 3.99. The van der Waals surface area contributed by atoms with E-state index in [0.29, 0.717) is 22.7 Å². The minimum absolute atomic E-state index is 0.120. The molecule has 1 amide bonds. The van der Waals surface area contributed by atoms with Gasteiger partial charge in [0.25, 0.3) is 0 Å². The van der Waals surface area contributed by atoms with Crippen LogP contribution in [0.1, 0.15) is 31.6 Å². The Labute approximate surface area is 153 Å². The summed E-state index contributed by atoms with van der Waals surface area (Å²) in [6, 6.07) is 7.75. The molecule has 1 aromatic carbocycles. The summed E-state index contributed by atoms with van der Waals surface area (Å²) in [5.74, 6) is 0.551. The fourth-order valence-corrected chi connectivity index (χ4v) is 3.31. The van der Waals surface area contributed by atoms with Crippen LogP contribution in [0.15, 0.2) is 29.4 Å². The summed E-state index contributed by atoms with van der Waals surface area (Å²) in [4.78, 5) is 12.5. The van der Waals surface area contributed by atoms with E-state index in [1.165, 1.54) is 11.8 Å². The first-order valence-corrected chi connectivity index (χ1v) is 9.10. The lowest BCUT2D eigenvalue weighted by Gasteiger charge is -2.12. The average Bonchev–Trinajstić information content (AvgIpc) is 3.22. The van der Waals surface area contributed by atoms with Gasteiger partial charge in [0, 0.05) is 5.69 Å². The lowest BCUT2D eigenvalue weighted by atomic mass is 10.2. The summed E-state index contributed by atoms with van der Waals surface area (Å²) >= 11 is 1.35. The van der Waals surface area contributed by atoms with Gasteiger partial charge in [-0.1, -0.05) is 17.8 Å². The molecule has 10 nitrogen and oxygen atoms in total. The molecule has 1 saturated carbocycles. The zero-order valence-corrected chi connectivity index (χ0v) is 15.1. The fraction of sp³-hybridized carbons (Fsp3) is 0.400. The molecule has 1 aliphatic rings. The third-order valence-corrected chi connectivity index (χ3v) is 5.04. The van der Waals surface area contributed by atoms with Crippen molar-refractivity contribution in [3.05, 3.63) is 30.1 Å². The maximum Gasteiger partial charge on any atom is 0.237 e. The number of nitrogens with one attached hydrogen (secondary N) is 1. The van der Waals surface area contributed by atoms with Gasteiger partial charge in [-0.25, -0.2) is 4.68 Å². The molecule has 0 aliphatic heterocycles. The quantitative estimate of drug-likeness (QED) is 0.647. The first kappa shape index (κ1) is 16.6. The van der Waals surface area contributed by atoms with Crippen LogP contribution in [0.4, 0.5) is 5.69 Å². The normalized spacial score (nSPS) is 15.0. The largest absolute Gasteiger partial charge is 0.325 e. The highest BCUT2D eigenvalue weighted by Gasteiger charge is 2.29. The number of anilines is 1. The van der Waals surface area contributed by atoms with Crippen LogP contribution in [0.2, 0.25) is 0 Å². The molecule has 0 bridgehead atoms. The van der Waals surface area contributed by atoms with Crippen LogP contribution in [-0.4, -0.2) is 51.6 Å². The number of hydrogen-bond donors (Lipinski definition) is 1. The maximum atomic E-state index is 12.5. The molecule has 1 atom stereocenters. The zero-order chi connectivity index (χ0) is 18.1. The number of nitrogens with zero attached hydrogens (tertiary/aromatic N) is 8. The first-order chi connectivity index (χ1) is 12.6. The van der Waals surface area contributed by atoms with Crippen LogP contribution >= 0.6 is 11.8 Å². The molecule has 2 heterocycles. The summed E-state index contributed by atoms with van der Waals surface area (Å²) < 4.78 is 3.41. The summed E-state index contributed by atoms with van der Waals surface area (Å²) in [5.41, 5.74) is 1.46. The van der Waals surface area contributed by atoms with Gasteiger partial charge in [-0.3, -0.25) is 4.79 Å². The molecule has 1 fully saturated rings. The van der Waals surface area contributed by atoms with E-state index in [1.54, 1.807) is 9.36 Å². The number of carbonyl (C=O) groups excluding carboxylic acids is 1. The van der Waals surface area contributed by atoms with E-state index in [4.69, 9.17) is 0 Å². The SMILES string of the molecule is Cc1nnnn1-c1cccc(NC(=O)C(C)Sc2nnnn2C2CC2)c1. The van der Waals surface area contributed by atoms with E-state index in [2.05, 4.69) is 36.4 Å². The molecule has 0 spiro atoms. The van der Waals surface area contributed by atoms with E-state index in [0.717, 1.165) is 18.5 Å². The molecule has 0 radical (unpaired) electrons. The monoisotopic (exact) mass is 371 g/mol. The average molecular weight is 371 g/mol. The van der Waals surface area contributed by atoms with Crippen molar-refractivity contribution in [3.8, 4) is 5.69 Å². The molecule has 11 heteroatoms. The Morgan fingerprint density at radius 1 is 1.27 bits per heavy atom. The molecule has 1 unspecified atom stereocenters. The Morgan fingerprint density at radius 2 is 2.08 bits per heavy atom. The van der Waals surface area contributed by atoms with Crippen molar-refractivity contribution in [2.45, 2.75) is 43.1 Å². The molecular formula is C15H17N9OS. The van der Waals surface area contributed by atoms with E-state index in [1.807, 2.05) is 38.1 Å². The number of benzene rings is 1. The van der Waals surface area contributed by atoms with Gasteiger partial charge in [-0.2, -0.15) is 4.68 Å². The highest BCUT2D eigenvalue weighted by molar-refractivity contribution is 8.00. The summed E-state index contributed by atoms with van der Waals surface area (Å²) in [7, 11) is 0. The number of aromatic nitrogens is 8. The number of amides is 1. The van der Waals surface area contributed by atoms with Gasteiger partial charge in [0.1, 0.15) is 0 Å². The van der Waals surface area contributed by atoms with Crippen LogP contribution in [0.5, 0.6) is 0 Å². The third kappa shape index (κ3) is 3.43. The van der Waals surface area contributed by atoms with Gasteiger partial charge in [0.15, 0.2) is 5.82 Å². The Kier molecular flexibility index (Phi) is 4.37. The van der Waals surface area contributed by atoms with E-state index >= 15 is 0 Å². The first-order valence-electron chi connectivity index (χ1n) is 8.22. The van der Waals surface area contributed by atoms with Crippen molar-refractivity contribution in [1.29, 1.82) is 0 Å². The van der Waals surface area contributed by atoms with E-state index in [-0.39, 0.29) is 11.2 Å². The Bertz CT molecular complexity index is 933. The Morgan fingerprint density at radius 3 is 2.81 bits per heavy atom. The maximum absolute atomic E-state index is 12.5. The highest BCUT2D eigenvalue weighted by Crippen LogP contribution is 2.37. The molecule has 1 aliphatic carbocycles. The lowest BCUT2D eigenvalue weighted by molar-refractivity contribution is -0.115. The van der Waals surface area contributed by atoms with Crippen molar-refractivity contribution >= 4 is 23.4 Å². The minimum Gasteiger partial charge on any atom is -0.325 e. The molecule has 26 heavy (non-hydrogen) atoms. The van der Waals surface area contributed by atoms with Crippen molar-refractivity contribution < 1.29 is 4.79 Å². The topological polar surface area (TPSA) is 116 Å². The van der Waals surface area contributed by atoms with Gasteiger partial charge in [0.05, 0.1) is 17.0 Å². The highest BCUT2D eigenvalue weighted by atomic mass is 32.2. The second kappa shape index (κ2) is 6.83. The molecule has 4 rings (SSSR count). The predicted molar refractivity (Wildman–Crippen MR) is 93.9 cm³/mol. The number of tetrazole rings is 2. The van der Waals surface area contributed by atoms with Crippen LogP contribution in [0, 0.1) is 6.92 Å². The van der Waals surface area contributed by atoms with Gasteiger partial charge in [0.2, 0.25) is 11.1 Å². The standard InChI is InChI=1S/C15H17N9OS/c1-9(26-15-18-20-22-24(15)12-6-7-12)14(25)16-11-4-3-5-13(8-11)23-10(2)17-19-21-23/h3-5,8-9,12H,6-7H2,1-2H3,(H,16,25). The zero-order valence-electron chi connectivity index (χ0n) is 14.3. The molecule has 0 saturated heterocycles. The number of thioether (sulfide) groups is 1. The molecule has 2 aromatic heterocycles. The van der Waals surface area contributed by atoms with Gasteiger partial charge in [-0.15, -0.1) is 10.2 Å². The molecular weight excluding hydrogens is 354 g/mol. The number of rotatable bonds is 6. The van der Waals surface area contributed by atoms with Crippen molar-refractivity contribution in [2.75, 3.05) is 5.32 Å².